The number of ether oxygens (including phenoxy) is 1. The van der Waals surface area contributed by atoms with Crippen LogP contribution >= 0.6 is 0 Å². The van der Waals surface area contributed by atoms with Gasteiger partial charge in [0.2, 0.25) is 0 Å². The van der Waals surface area contributed by atoms with Crippen LogP contribution in [0.4, 0.5) is 10.1 Å². The topological polar surface area (TPSA) is 67.4 Å². The van der Waals surface area contributed by atoms with Gasteiger partial charge in [-0.3, -0.25) is 9.59 Å². The molecule has 2 amide bonds. The number of benzene rings is 3. The van der Waals surface area contributed by atoms with Crippen LogP contribution in [0.1, 0.15) is 33.6 Å². The standard InChI is InChI=1S/C25H23FN2O3/c26-22-15-18(17-7-2-1-3-8-17)12-13-20(22)25(30)28-23-11-5-4-10-21(23)24(29)27-16-19-9-6-14-31-19/h1-5,7-8,10-13,15,19H,6,9,14,16H2,(H,27,29)(H,28,30). The Morgan fingerprint density at radius 1 is 0.903 bits per heavy atom. The van der Waals surface area contributed by atoms with Gasteiger partial charge < -0.3 is 15.4 Å². The normalized spacial score (nSPS) is 15.5. The third-order valence-electron chi connectivity index (χ3n) is 5.26. The van der Waals surface area contributed by atoms with Crippen LogP contribution in [0.15, 0.2) is 72.8 Å². The number of rotatable bonds is 6. The molecular weight excluding hydrogens is 395 g/mol. The van der Waals surface area contributed by atoms with Crippen molar-refractivity contribution in [1.29, 1.82) is 0 Å². The molecule has 0 bridgehead atoms. The van der Waals surface area contributed by atoms with Gasteiger partial charge in [0.05, 0.1) is 22.9 Å². The monoisotopic (exact) mass is 418 g/mol. The zero-order chi connectivity index (χ0) is 21.6. The fourth-order valence-corrected chi connectivity index (χ4v) is 3.60. The van der Waals surface area contributed by atoms with Crippen molar-refractivity contribution >= 4 is 17.5 Å². The number of halogens is 1. The summed E-state index contributed by atoms with van der Waals surface area (Å²) in [6, 6.07) is 20.5. The van der Waals surface area contributed by atoms with Crippen molar-refractivity contribution in [2.45, 2.75) is 18.9 Å². The van der Waals surface area contributed by atoms with Gasteiger partial charge in [-0.25, -0.2) is 4.39 Å². The maximum absolute atomic E-state index is 14.7. The molecule has 5 nitrogen and oxygen atoms in total. The molecule has 6 heteroatoms. The number of anilines is 1. The molecule has 0 aromatic heterocycles. The van der Waals surface area contributed by atoms with Crippen molar-refractivity contribution in [3.8, 4) is 11.1 Å². The van der Waals surface area contributed by atoms with Gasteiger partial charge in [-0.2, -0.15) is 0 Å². The molecule has 0 saturated carbocycles. The number of carbonyl (C=O) groups is 2. The van der Waals surface area contributed by atoms with Crippen molar-refractivity contribution in [2.24, 2.45) is 0 Å². The summed E-state index contributed by atoms with van der Waals surface area (Å²) in [5.74, 6) is -1.55. The molecule has 1 saturated heterocycles. The van der Waals surface area contributed by atoms with Crippen LogP contribution in [0.2, 0.25) is 0 Å². The van der Waals surface area contributed by atoms with Crippen LogP contribution < -0.4 is 10.6 Å². The summed E-state index contributed by atoms with van der Waals surface area (Å²) in [5, 5.41) is 5.51. The maximum atomic E-state index is 14.7. The van der Waals surface area contributed by atoms with Crippen molar-refractivity contribution in [2.75, 3.05) is 18.5 Å². The lowest BCUT2D eigenvalue weighted by Gasteiger charge is -2.14. The highest BCUT2D eigenvalue weighted by Gasteiger charge is 2.19. The van der Waals surface area contributed by atoms with Crippen molar-refractivity contribution in [3.63, 3.8) is 0 Å². The summed E-state index contributed by atoms with van der Waals surface area (Å²) in [4.78, 5) is 25.3. The Hall–Kier alpha value is -3.51. The maximum Gasteiger partial charge on any atom is 0.258 e. The van der Waals surface area contributed by atoms with Gasteiger partial charge >= 0.3 is 0 Å². The SMILES string of the molecule is O=C(Nc1ccccc1C(=O)NCC1CCCO1)c1ccc(-c2ccccc2)cc1F. The minimum atomic E-state index is -0.626. The first-order chi connectivity index (χ1) is 15.1. The summed E-state index contributed by atoms with van der Waals surface area (Å²) in [5.41, 5.74) is 2.10. The van der Waals surface area contributed by atoms with Gasteiger partial charge in [0.1, 0.15) is 5.82 Å². The Balaban J connectivity index is 1.48. The Kier molecular flexibility index (Phi) is 6.38. The molecule has 1 heterocycles. The van der Waals surface area contributed by atoms with Gasteiger partial charge in [0.25, 0.3) is 11.8 Å². The second-order valence-corrected chi connectivity index (χ2v) is 7.41. The number of hydrogen-bond acceptors (Lipinski definition) is 3. The smallest absolute Gasteiger partial charge is 0.258 e. The average molecular weight is 418 g/mol. The quantitative estimate of drug-likeness (QED) is 0.612. The van der Waals surface area contributed by atoms with E-state index in [0.29, 0.717) is 30.0 Å². The number of amides is 2. The molecule has 1 aliphatic rings. The predicted octanol–water partition coefficient (Wildman–Crippen LogP) is 4.65. The summed E-state index contributed by atoms with van der Waals surface area (Å²) < 4.78 is 20.2. The van der Waals surface area contributed by atoms with E-state index in [0.717, 1.165) is 18.4 Å². The Morgan fingerprint density at radius 3 is 2.42 bits per heavy atom. The highest BCUT2D eigenvalue weighted by Crippen LogP contribution is 2.23. The molecule has 2 N–H and O–H groups in total. The number of carbonyl (C=O) groups excluding carboxylic acids is 2. The highest BCUT2D eigenvalue weighted by atomic mass is 19.1. The lowest BCUT2D eigenvalue weighted by molar-refractivity contribution is 0.0858. The molecule has 31 heavy (non-hydrogen) atoms. The lowest BCUT2D eigenvalue weighted by atomic mass is 10.0. The molecule has 0 aliphatic carbocycles. The number of nitrogens with one attached hydrogen (secondary N) is 2. The third-order valence-corrected chi connectivity index (χ3v) is 5.26. The van der Waals surface area contributed by atoms with E-state index >= 15 is 0 Å². The van der Waals surface area contributed by atoms with E-state index in [1.807, 2.05) is 30.3 Å². The molecule has 1 fully saturated rings. The van der Waals surface area contributed by atoms with Crippen LogP contribution in [-0.4, -0.2) is 31.1 Å². The van der Waals surface area contributed by atoms with E-state index in [1.54, 1.807) is 30.3 Å². The molecule has 4 rings (SSSR count). The lowest BCUT2D eigenvalue weighted by Crippen LogP contribution is -2.32. The Labute approximate surface area is 180 Å². The molecule has 1 aliphatic heterocycles. The largest absolute Gasteiger partial charge is 0.376 e. The molecule has 1 unspecified atom stereocenters. The first kappa shape index (κ1) is 20.8. The van der Waals surface area contributed by atoms with Crippen LogP contribution in [0.5, 0.6) is 0 Å². The molecule has 158 valence electrons. The first-order valence-corrected chi connectivity index (χ1v) is 10.3. The minimum absolute atomic E-state index is 0.0166. The third kappa shape index (κ3) is 4.98. The van der Waals surface area contributed by atoms with Crippen LogP contribution in [0, 0.1) is 5.82 Å². The van der Waals surface area contributed by atoms with Crippen molar-refractivity contribution in [3.05, 3.63) is 89.7 Å². The molecule has 0 radical (unpaired) electrons. The number of hydrogen-bond donors (Lipinski definition) is 2. The highest BCUT2D eigenvalue weighted by molar-refractivity contribution is 6.09. The molecular formula is C25H23FN2O3. The van der Waals surface area contributed by atoms with Crippen LogP contribution in [0.3, 0.4) is 0 Å². The fraction of sp³-hybridized carbons (Fsp3) is 0.200. The fourth-order valence-electron chi connectivity index (χ4n) is 3.60. The van der Waals surface area contributed by atoms with E-state index < -0.39 is 11.7 Å². The summed E-state index contributed by atoms with van der Waals surface area (Å²) in [6.45, 7) is 1.12. The van der Waals surface area contributed by atoms with Crippen LogP contribution in [0.25, 0.3) is 11.1 Å². The molecule has 3 aromatic carbocycles. The number of para-hydroxylation sites is 1. The van der Waals surface area contributed by atoms with E-state index in [-0.39, 0.29) is 17.6 Å². The van der Waals surface area contributed by atoms with E-state index in [9.17, 15) is 14.0 Å². The van der Waals surface area contributed by atoms with Crippen LogP contribution in [-0.2, 0) is 4.74 Å². The molecule has 1 atom stereocenters. The summed E-state index contributed by atoms with van der Waals surface area (Å²) in [6.07, 6.45) is 1.92. The van der Waals surface area contributed by atoms with Gasteiger partial charge in [0, 0.05) is 13.2 Å². The zero-order valence-electron chi connectivity index (χ0n) is 16.9. The average Bonchev–Trinajstić information content (AvgIpc) is 3.32. The van der Waals surface area contributed by atoms with Crippen molar-refractivity contribution in [1.82, 2.24) is 5.32 Å². The Morgan fingerprint density at radius 2 is 1.68 bits per heavy atom. The minimum Gasteiger partial charge on any atom is -0.376 e. The molecule has 0 spiro atoms. The zero-order valence-corrected chi connectivity index (χ0v) is 16.9. The van der Waals surface area contributed by atoms with Crippen molar-refractivity contribution < 1.29 is 18.7 Å². The van der Waals surface area contributed by atoms with E-state index in [1.165, 1.54) is 12.1 Å². The predicted molar refractivity (Wildman–Crippen MR) is 118 cm³/mol. The van der Waals surface area contributed by atoms with E-state index in [4.69, 9.17) is 4.74 Å². The Bertz CT molecular complexity index is 1080. The second-order valence-electron chi connectivity index (χ2n) is 7.41. The van der Waals surface area contributed by atoms with Gasteiger partial charge in [0.15, 0.2) is 0 Å². The van der Waals surface area contributed by atoms with Gasteiger partial charge in [-0.15, -0.1) is 0 Å². The second kappa shape index (κ2) is 9.53. The first-order valence-electron chi connectivity index (χ1n) is 10.3. The van der Waals surface area contributed by atoms with Gasteiger partial charge in [-0.05, 0) is 48.2 Å². The van der Waals surface area contributed by atoms with Gasteiger partial charge in [-0.1, -0.05) is 48.5 Å². The van der Waals surface area contributed by atoms with E-state index in [2.05, 4.69) is 10.6 Å². The summed E-state index contributed by atoms with van der Waals surface area (Å²) in [7, 11) is 0. The molecule has 3 aromatic rings. The summed E-state index contributed by atoms with van der Waals surface area (Å²) >= 11 is 0.